The first-order valence-corrected chi connectivity index (χ1v) is 10.3. The lowest BCUT2D eigenvalue weighted by molar-refractivity contribution is -0.113. The van der Waals surface area contributed by atoms with Crippen LogP contribution in [0.2, 0.25) is 0 Å². The largest absolute Gasteiger partial charge is 0.496 e. The van der Waals surface area contributed by atoms with Gasteiger partial charge in [0.05, 0.1) is 26.9 Å². The third-order valence-electron chi connectivity index (χ3n) is 5.78. The number of hydrogen-bond donors (Lipinski definition) is 0. The fraction of sp³-hybridized carbons (Fsp3) is 0.346. The summed E-state index contributed by atoms with van der Waals surface area (Å²) in [5.41, 5.74) is 4.46. The number of Topliss-reactive ketones (excluding diaryl/α,β-unsaturated/α-hetero) is 1. The van der Waals surface area contributed by atoms with Gasteiger partial charge in [0.15, 0.2) is 5.78 Å². The molecule has 0 N–H and O–H groups in total. The van der Waals surface area contributed by atoms with Crippen molar-refractivity contribution in [1.29, 1.82) is 0 Å². The Bertz CT molecular complexity index is 962. The predicted octanol–water partition coefficient (Wildman–Crippen LogP) is 5.88. The summed E-state index contributed by atoms with van der Waals surface area (Å²) < 4.78 is 16.6. The van der Waals surface area contributed by atoms with Crippen LogP contribution in [0.1, 0.15) is 42.9 Å². The monoisotopic (exact) mass is 406 g/mol. The number of allylic oxidation sites excluding steroid dienone is 2. The second kappa shape index (κ2) is 9.66. The van der Waals surface area contributed by atoms with Gasteiger partial charge in [0, 0.05) is 16.7 Å². The van der Waals surface area contributed by atoms with Crippen molar-refractivity contribution >= 4 is 17.9 Å². The molecule has 0 aliphatic heterocycles. The molecular weight excluding hydrogens is 376 g/mol. The molecule has 2 aromatic rings. The van der Waals surface area contributed by atoms with Crippen LogP contribution in [0, 0.1) is 12.8 Å². The molecule has 0 amide bonds. The molecular formula is C26H30O4. The average Bonchev–Trinajstić information content (AvgIpc) is 2.77. The van der Waals surface area contributed by atoms with Crippen LogP contribution in [0.15, 0.2) is 47.5 Å². The molecule has 30 heavy (non-hydrogen) atoms. The first kappa shape index (κ1) is 21.7. The number of aryl methyl sites for hydroxylation is 1. The summed E-state index contributed by atoms with van der Waals surface area (Å²) in [5.74, 6) is 2.67. The topological polar surface area (TPSA) is 44.8 Å². The number of carbonyl (C=O) groups excluding carboxylic acids is 1. The second-order valence-corrected chi connectivity index (χ2v) is 7.62. The third-order valence-corrected chi connectivity index (χ3v) is 5.78. The summed E-state index contributed by atoms with van der Waals surface area (Å²) in [6.45, 7) is 4.21. The standard InChI is InChI=1S/C26H30O4/c1-6-18-13-19(15-21-17(2)9-7-10-23(21)28-3)26(27)20(14-18)16-22-24(29-4)11-8-12-25(22)30-5/h7-12,15-16,18H,6,13-14H2,1-5H3/b19-15+,20-16+. The van der Waals surface area contributed by atoms with Crippen LogP contribution in [0.4, 0.5) is 0 Å². The van der Waals surface area contributed by atoms with Crippen molar-refractivity contribution in [2.45, 2.75) is 33.1 Å². The molecule has 0 saturated heterocycles. The maximum atomic E-state index is 13.4. The minimum Gasteiger partial charge on any atom is -0.496 e. The molecule has 0 bridgehead atoms. The minimum atomic E-state index is 0.0814. The van der Waals surface area contributed by atoms with Crippen LogP contribution < -0.4 is 14.2 Å². The first-order valence-electron chi connectivity index (χ1n) is 10.3. The summed E-state index contributed by atoms with van der Waals surface area (Å²) >= 11 is 0. The molecule has 1 fully saturated rings. The van der Waals surface area contributed by atoms with E-state index < -0.39 is 0 Å². The van der Waals surface area contributed by atoms with Crippen molar-refractivity contribution in [2.75, 3.05) is 21.3 Å². The molecule has 1 aliphatic rings. The molecule has 3 rings (SSSR count). The molecule has 4 nitrogen and oxygen atoms in total. The lowest BCUT2D eigenvalue weighted by atomic mass is 9.78. The summed E-state index contributed by atoms with van der Waals surface area (Å²) in [6, 6.07) is 11.6. The van der Waals surface area contributed by atoms with Crippen molar-refractivity contribution in [1.82, 2.24) is 0 Å². The van der Waals surface area contributed by atoms with E-state index >= 15 is 0 Å². The highest BCUT2D eigenvalue weighted by Crippen LogP contribution is 2.38. The quantitative estimate of drug-likeness (QED) is 0.562. The zero-order valence-corrected chi connectivity index (χ0v) is 18.5. The molecule has 4 heteroatoms. The minimum absolute atomic E-state index is 0.0814. The molecule has 1 unspecified atom stereocenters. The summed E-state index contributed by atoms with van der Waals surface area (Å²) in [6.07, 6.45) is 6.47. The van der Waals surface area contributed by atoms with E-state index in [-0.39, 0.29) is 5.78 Å². The van der Waals surface area contributed by atoms with Gasteiger partial charge in [-0.25, -0.2) is 0 Å². The number of carbonyl (C=O) groups is 1. The van der Waals surface area contributed by atoms with Gasteiger partial charge in [0.1, 0.15) is 17.2 Å². The maximum absolute atomic E-state index is 13.4. The Balaban J connectivity index is 2.09. The van der Waals surface area contributed by atoms with Gasteiger partial charge in [-0.1, -0.05) is 31.5 Å². The van der Waals surface area contributed by atoms with Crippen molar-refractivity contribution in [2.24, 2.45) is 5.92 Å². The van der Waals surface area contributed by atoms with E-state index in [1.807, 2.05) is 55.5 Å². The number of hydrogen-bond acceptors (Lipinski definition) is 4. The third kappa shape index (κ3) is 4.43. The molecule has 0 radical (unpaired) electrons. The smallest absolute Gasteiger partial charge is 0.185 e. The van der Waals surface area contributed by atoms with Gasteiger partial charge in [-0.2, -0.15) is 0 Å². The highest BCUT2D eigenvalue weighted by Gasteiger charge is 2.28. The Hall–Kier alpha value is -3.01. The van der Waals surface area contributed by atoms with Crippen molar-refractivity contribution in [3.05, 3.63) is 64.2 Å². The molecule has 158 valence electrons. The lowest BCUT2D eigenvalue weighted by Gasteiger charge is -2.25. The number of ketones is 1. The SMILES string of the molecule is CCC1C/C(=C\c2c(C)cccc2OC)C(=O)/C(=C/c2c(OC)cccc2OC)C1. The molecule has 0 heterocycles. The lowest BCUT2D eigenvalue weighted by Crippen LogP contribution is -2.19. The van der Waals surface area contributed by atoms with E-state index in [4.69, 9.17) is 14.2 Å². The Labute approximate surface area is 179 Å². The van der Waals surface area contributed by atoms with Crippen molar-refractivity contribution in [3.63, 3.8) is 0 Å². The average molecular weight is 407 g/mol. The van der Waals surface area contributed by atoms with Gasteiger partial charge in [-0.15, -0.1) is 0 Å². The van der Waals surface area contributed by atoms with Gasteiger partial charge < -0.3 is 14.2 Å². The van der Waals surface area contributed by atoms with Gasteiger partial charge in [0.2, 0.25) is 0 Å². The Morgan fingerprint density at radius 1 is 0.833 bits per heavy atom. The normalized spacial score (nSPS) is 19.2. The van der Waals surface area contributed by atoms with Gasteiger partial charge in [-0.3, -0.25) is 4.79 Å². The fourth-order valence-electron chi connectivity index (χ4n) is 4.01. The van der Waals surface area contributed by atoms with Crippen molar-refractivity contribution < 1.29 is 19.0 Å². The Morgan fingerprint density at radius 3 is 1.80 bits per heavy atom. The van der Waals surface area contributed by atoms with Crippen LogP contribution >= 0.6 is 0 Å². The summed E-state index contributed by atoms with van der Waals surface area (Å²) in [7, 11) is 4.92. The van der Waals surface area contributed by atoms with E-state index in [1.165, 1.54) is 0 Å². The van der Waals surface area contributed by atoms with Crippen molar-refractivity contribution in [3.8, 4) is 17.2 Å². The van der Waals surface area contributed by atoms with E-state index in [0.29, 0.717) is 17.4 Å². The van der Waals surface area contributed by atoms with Crippen LogP contribution in [0.3, 0.4) is 0 Å². The highest BCUT2D eigenvalue weighted by molar-refractivity contribution is 6.14. The van der Waals surface area contributed by atoms with Gasteiger partial charge in [0.25, 0.3) is 0 Å². The summed E-state index contributed by atoms with van der Waals surface area (Å²) in [5, 5.41) is 0. The van der Waals surface area contributed by atoms with E-state index in [9.17, 15) is 4.79 Å². The molecule has 0 spiro atoms. The van der Waals surface area contributed by atoms with E-state index in [1.54, 1.807) is 21.3 Å². The molecule has 2 aromatic carbocycles. The van der Waals surface area contributed by atoms with Crippen LogP contribution in [0.5, 0.6) is 17.2 Å². The van der Waals surface area contributed by atoms with Gasteiger partial charge in [-0.05, 0) is 61.6 Å². The Morgan fingerprint density at radius 2 is 1.30 bits per heavy atom. The van der Waals surface area contributed by atoms with E-state index in [2.05, 4.69) is 6.92 Å². The number of ether oxygens (including phenoxy) is 3. The maximum Gasteiger partial charge on any atom is 0.185 e. The predicted molar refractivity (Wildman–Crippen MR) is 121 cm³/mol. The Kier molecular flexibility index (Phi) is 6.99. The van der Waals surface area contributed by atoms with Gasteiger partial charge >= 0.3 is 0 Å². The first-order chi connectivity index (χ1) is 14.5. The molecule has 1 saturated carbocycles. The second-order valence-electron chi connectivity index (χ2n) is 7.62. The zero-order valence-electron chi connectivity index (χ0n) is 18.5. The molecule has 1 aliphatic carbocycles. The number of benzene rings is 2. The van der Waals surface area contributed by atoms with E-state index in [0.717, 1.165) is 52.8 Å². The molecule has 1 atom stereocenters. The van der Waals surface area contributed by atoms with Crippen LogP contribution in [-0.2, 0) is 4.79 Å². The van der Waals surface area contributed by atoms with Crippen LogP contribution in [0.25, 0.3) is 12.2 Å². The molecule has 0 aromatic heterocycles. The summed E-state index contributed by atoms with van der Waals surface area (Å²) in [4.78, 5) is 13.4. The zero-order chi connectivity index (χ0) is 21.7. The highest BCUT2D eigenvalue weighted by atomic mass is 16.5. The number of methoxy groups -OCH3 is 3. The van der Waals surface area contributed by atoms with Crippen LogP contribution in [-0.4, -0.2) is 27.1 Å². The fourth-order valence-corrected chi connectivity index (χ4v) is 4.01. The number of rotatable bonds is 6.